The van der Waals surface area contributed by atoms with Gasteiger partial charge >= 0.3 is 0 Å². The number of carbonyl (C=O) groups is 1. The second-order valence-electron chi connectivity index (χ2n) is 4.48. The zero-order valence-corrected chi connectivity index (χ0v) is 11.1. The van der Waals surface area contributed by atoms with Crippen LogP contribution in [0, 0.1) is 5.92 Å². The quantitative estimate of drug-likeness (QED) is 0.822. The van der Waals surface area contributed by atoms with Gasteiger partial charge < -0.3 is 0 Å². The van der Waals surface area contributed by atoms with Crippen LogP contribution in [0.5, 0.6) is 0 Å². The van der Waals surface area contributed by atoms with Gasteiger partial charge in [-0.1, -0.05) is 0 Å². The number of rotatable bonds is 3. The molecule has 1 aromatic rings. The molecule has 2 rings (SSSR count). The van der Waals surface area contributed by atoms with Gasteiger partial charge in [-0.3, -0.25) is 9.78 Å². The maximum atomic E-state index is 12.3. The lowest BCUT2D eigenvalue weighted by Crippen LogP contribution is -2.39. The van der Waals surface area contributed by atoms with Gasteiger partial charge in [0.15, 0.2) is 0 Å². The van der Waals surface area contributed by atoms with Crippen molar-refractivity contribution in [1.29, 1.82) is 0 Å². The van der Waals surface area contributed by atoms with Crippen LogP contribution in [0.3, 0.4) is 0 Å². The summed E-state index contributed by atoms with van der Waals surface area (Å²) in [5.41, 5.74) is 0. The van der Waals surface area contributed by atoms with Crippen LogP contribution >= 0.6 is 0 Å². The zero-order valence-electron chi connectivity index (χ0n) is 10.2. The number of pyridine rings is 1. The molecule has 0 aromatic carbocycles. The van der Waals surface area contributed by atoms with Gasteiger partial charge in [0, 0.05) is 31.4 Å². The molecule has 1 aromatic heterocycles. The second-order valence-corrected chi connectivity index (χ2v) is 6.42. The monoisotopic (exact) mass is 268 g/mol. The summed E-state index contributed by atoms with van der Waals surface area (Å²) in [6, 6.07) is 3.15. The fraction of sp³-hybridized carbons (Fsp3) is 0.500. The molecule has 0 atom stereocenters. The molecule has 0 radical (unpaired) electrons. The number of carbonyl (C=O) groups excluding carboxylic acids is 1. The molecule has 98 valence electrons. The third-order valence-electron chi connectivity index (χ3n) is 3.30. The normalized spacial score (nSPS) is 18.7. The topological polar surface area (TPSA) is 67.3 Å². The molecule has 0 spiro atoms. The summed E-state index contributed by atoms with van der Waals surface area (Å²) >= 11 is 0. The van der Waals surface area contributed by atoms with Crippen molar-refractivity contribution in [3.8, 4) is 0 Å². The predicted molar refractivity (Wildman–Crippen MR) is 66.4 cm³/mol. The summed E-state index contributed by atoms with van der Waals surface area (Å²) in [4.78, 5) is 15.3. The van der Waals surface area contributed by atoms with E-state index in [1.165, 1.54) is 10.5 Å². The smallest absolute Gasteiger partial charge is 0.244 e. The van der Waals surface area contributed by atoms with Crippen LogP contribution in [-0.2, 0) is 14.8 Å². The molecule has 1 saturated heterocycles. The minimum atomic E-state index is -3.45. The van der Waals surface area contributed by atoms with Gasteiger partial charge in [-0.15, -0.1) is 0 Å². The minimum absolute atomic E-state index is 0.00495. The van der Waals surface area contributed by atoms with Gasteiger partial charge in [0.1, 0.15) is 10.7 Å². The highest BCUT2D eigenvalue weighted by Gasteiger charge is 2.30. The van der Waals surface area contributed by atoms with Gasteiger partial charge in [0.25, 0.3) is 0 Å². The SMILES string of the molecule is CC(=O)C1CCN(S(=O)(=O)c2cccnc2)CC1. The molecule has 2 heterocycles. The lowest BCUT2D eigenvalue weighted by molar-refractivity contribution is -0.121. The molecule has 0 amide bonds. The van der Waals surface area contributed by atoms with E-state index in [0.717, 1.165) is 0 Å². The number of hydrogen-bond acceptors (Lipinski definition) is 4. The molecule has 1 fully saturated rings. The minimum Gasteiger partial charge on any atom is -0.300 e. The molecule has 1 aliphatic rings. The molecule has 0 bridgehead atoms. The van der Waals surface area contributed by atoms with Crippen LogP contribution in [0.2, 0.25) is 0 Å². The summed E-state index contributed by atoms with van der Waals surface area (Å²) in [6.07, 6.45) is 4.11. The first-order chi connectivity index (χ1) is 8.51. The van der Waals surface area contributed by atoms with Crippen LogP contribution in [0.4, 0.5) is 0 Å². The first-order valence-electron chi connectivity index (χ1n) is 5.92. The van der Waals surface area contributed by atoms with Gasteiger partial charge in [-0.05, 0) is 31.9 Å². The summed E-state index contributed by atoms with van der Waals surface area (Å²) in [6.45, 7) is 2.37. The third-order valence-corrected chi connectivity index (χ3v) is 5.18. The predicted octanol–water partition coefficient (Wildman–Crippen LogP) is 1.07. The van der Waals surface area contributed by atoms with E-state index in [4.69, 9.17) is 0 Å². The third kappa shape index (κ3) is 2.59. The molecule has 0 saturated carbocycles. The molecular formula is C12H16N2O3S. The van der Waals surface area contributed by atoms with Crippen LogP contribution < -0.4 is 0 Å². The van der Waals surface area contributed by atoms with Crippen LogP contribution in [0.25, 0.3) is 0 Å². The Labute approximate surface area is 107 Å². The average molecular weight is 268 g/mol. The average Bonchev–Trinajstić information content (AvgIpc) is 2.40. The Hall–Kier alpha value is -1.27. The molecule has 5 nitrogen and oxygen atoms in total. The van der Waals surface area contributed by atoms with Crippen molar-refractivity contribution in [3.63, 3.8) is 0 Å². The van der Waals surface area contributed by atoms with E-state index >= 15 is 0 Å². The number of hydrogen-bond donors (Lipinski definition) is 0. The number of ketones is 1. The maximum absolute atomic E-state index is 12.3. The first kappa shape index (κ1) is 13.2. The van der Waals surface area contributed by atoms with Gasteiger partial charge in [0.05, 0.1) is 0 Å². The molecular weight excluding hydrogens is 252 g/mol. The number of aromatic nitrogens is 1. The molecule has 1 aliphatic heterocycles. The van der Waals surface area contributed by atoms with Crippen molar-refractivity contribution in [3.05, 3.63) is 24.5 Å². The highest BCUT2D eigenvalue weighted by molar-refractivity contribution is 7.89. The summed E-state index contributed by atoms with van der Waals surface area (Å²) in [5.74, 6) is 0.152. The summed E-state index contributed by atoms with van der Waals surface area (Å²) < 4.78 is 26.0. The summed E-state index contributed by atoms with van der Waals surface area (Å²) in [7, 11) is -3.45. The van der Waals surface area contributed by atoms with Crippen molar-refractivity contribution in [2.45, 2.75) is 24.7 Å². The lowest BCUT2D eigenvalue weighted by Gasteiger charge is -2.29. The van der Waals surface area contributed by atoms with E-state index in [-0.39, 0.29) is 16.6 Å². The van der Waals surface area contributed by atoms with E-state index in [0.29, 0.717) is 25.9 Å². The van der Waals surface area contributed by atoms with Crippen molar-refractivity contribution in [1.82, 2.24) is 9.29 Å². The second kappa shape index (κ2) is 5.16. The fourth-order valence-electron chi connectivity index (χ4n) is 2.15. The molecule has 0 aliphatic carbocycles. The molecule has 0 N–H and O–H groups in total. The molecule has 18 heavy (non-hydrogen) atoms. The Kier molecular flexibility index (Phi) is 3.77. The van der Waals surface area contributed by atoms with Crippen LogP contribution in [-0.4, -0.2) is 36.6 Å². The molecule has 6 heteroatoms. The van der Waals surface area contributed by atoms with Gasteiger partial charge in [-0.25, -0.2) is 8.42 Å². The van der Waals surface area contributed by atoms with E-state index in [1.54, 1.807) is 25.3 Å². The first-order valence-corrected chi connectivity index (χ1v) is 7.36. The van der Waals surface area contributed by atoms with Gasteiger partial charge in [0.2, 0.25) is 10.0 Å². The Balaban J connectivity index is 2.12. The Morgan fingerprint density at radius 1 is 1.39 bits per heavy atom. The molecule has 0 unspecified atom stereocenters. The maximum Gasteiger partial charge on any atom is 0.244 e. The van der Waals surface area contributed by atoms with Crippen molar-refractivity contribution >= 4 is 15.8 Å². The van der Waals surface area contributed by atoms with Gasteiger partial charge in [-0.2, -0.15) is 4.31 Å². The highest BCUT2D eigenvalue weighted by atomic mass is 32.2. The van der Waals surface area contributed by atoms with E-state index in [9.17, 15) is 13.2 Å². The number of sulfonamides is 1. The van der Waals surface area contributed by atoms with Crippen molar-refractivity contribution in [2.75, 3.05) is 13.1 Å². The standard InChI is InChI=1S/C12H16N2O3S/c1-10(15)11-4-7-14(8-5-11)18(16,17)12-3-2-6-13-9-12/h2-3,6,9,11H,4-5,7-8H2,1H3. The zero-order chi connectivity index (χ0) is 13.2. The fourth-order valence-corrected chi connectivity index (χ4v) is 3.59. The van der Waals surface area contributed by atoms with E-state index < -0.39 is 10.0 Å². The van der Waals surface area contributed by atoms with Crippen molar-refractivity contribution in [2.24, 2.45) is 5.92 Å². The Morgan fingerprint density at radius 3 is 2.56 bits per heavy atom. The number of nitrogens with zero attached hydrogens (tertiary/aromatic N) is 2. The van der Waals surface area contributed by atoms with Crippen LogP contribution in [0.15, 0.2) is 29.4 Å². The largest absolute Gasteiger partial charge is 0.300 e. The Morgan fingerprint density at radius 2 is 2.06 bits per heavy atom. The number of Topliss-reactive ketones (excluding diaryl/α,β-unsaturated/α-hetero) is 1. The van der Waals surface area contributed by atoms with E-state index in [1.807, 2.05) is 0 Å². The Bertz CT molecular complexity index is 520. The van der Waals surface area contributed by atoms with E-state index in [2.05, 4.69) is 4.98 Å². The van der Waals surface area contributed by atoms with Crippen molar-refractivity contribution < 1.29 is 13.2 Å². The summed E-state index contributed by atoms with van der Waals surface area (Å²) in [5, 5.41) is 0. The number of piperidine rings is 1. The van der Waals surface area contributed by atoms with Crippen LogP contribution in [0.1, 0.15) is 19.8 Å². The lowest BCUT2D eigenvalue weighted by atomic mass is 9.95. The highest BCUT2D eigenvalue weighted by Crippen LogP contribution is 2.23.